The predicted molar refractivity (Wildman–Crippen MR) is 325 cm³/mol. The monoisotopic (exact) mass is 1320 g/mol. The van der Waals surface area contributed by atoms with Crippen LogP contribution in [0.15, 0.2) is 42.5 Å². The second-order valence-corrected chi connectivity index (χ2v) is 25.6. The summed E-state index contributed by atoms with van der Waals surface area (Å²) in [5.41, 5.74) is -3.24. The molecule has 1 spiro atoms. The Morgan fingerprint density at radius 3 is 1.82 bits per heavy atom. The number of benzene rings is 2. The van der Waals surface area contributed by atoms with Gasteiger partial charge in [-0.25, -0.2) is 0 Å². The maximum atomic E-state index is 14.9. The van der Waals surface area contributed by atoms with Crippen molar-refractivity contribution in [3.8, 4) is 0 Å². The fourth-order valence-electron chi connectivity index (χ4n) is 12.3. The molecule has 22 nitrogen and oxygen atoms in total. The highest BCUT2D eigenvalue weighted by Gasteiger charge is 2.52. The van der Waals surface area contributed by atoms with Gasteiger partial charge in [-0.05, 0) is 119 Å². The van der Waals surface area contributed by atoms with Crippen LogP contribution in [0.25, 0.3) is 0 Å². The molecule has 6 rings (SSSR count). The third kappa shape index (κ3) is 18.0. The zero-order valence-corrected chi connectivity index (χ0v) is 54.5. The van der Waals surface area contributed by atoms with E-state index in [1.54, 1.807) is 20.8 Å². The Hall–Kier alpha value is -7.52. The molecule has 2 heterocycles. The van der Waals surface area contributed by atoms with E-state index in [4.69, 9.17) is 11.6 Å². The summed E-state index contributed by atoms with van der Waals surface area (Å²) in [6, 6.07) is -1.76. The number of carbonyl (C=O) groups excluding carboxylic acids is 11. The van der Waals surface area contributed by atoms with Gasteiger partial charge < -0.3 is 55.6 Å². The lowest BCUT2D eigenvalue weighted by atomic mass is 9.74. The smallest absolute Gasteiger partial charge is 0.351 e. The molecule has 508 valence electrons. The Bertz CT molecular complexity index is 3070. The van der Waals surface area contributed by atoms with Gasteiger partial charge in [-0.1, -0.05) is 62.9 Å². The maximum Gasteiger partial charge on any atom is 0.417 e. The number of aryl methyl sites for hydroxylation is 1. The summed E-state index contributed by atoms with van der Waals surface area (Å²) in [7, 11) is 7.81. The van der Waals surface area contributed by atoms with Crippen molar-refractivity contribution in [2.24, 2.45) is 11.8 Å². The molecule has 8 atom stereocenters. The molecular weight excluding hydrogens is 1240 g/mol. The summed E-state index contributed by atoms with van der Waals surface area (Å²) in [6.45, 7) is 4.39. The minimum absolute atomic E-state index is 0.0124. The zero-order valence-electron chi connectivity index (χ0n) is 53.7. The molecule has 4 aliphatic rings. The van der Waals surface area contributed by atoms with Gasteiger partial charge in [0.1, 0.15) is 41.8 Å². The molecule has 2 aliphatic heterocycles. The molecule has 0 radical (unpaired) electrons. The number of alkyl halides is 6. The summed E-state index contributed by atoms with van der Waals surface area (Å²) < 4.78 is 82.3. The Balaban J connectivity index is 1.36. The van der Waals surface area contributed by atoms with E-state index in [1.165, 1.54) is 63.9 Å². The van der Waals surface area contributed by atoms with Crippen LogP contribution in [0.2, 0.25) is 5.02 Å². The number of hydrogen-bond acceptors (Lipinski definition) is 11. The van der Waals surface area contributed by atoms with E-state index in [0.29, 0.717) is 25.7 Å². The van der Waals surface area contributed by atoms with Gasteiger partial charge in [-0.2, -0.15) is 26.3 Å². The van der Waals surface area contributed by atoms with Crippen molar-refractivity contribution >= 4 is 76.6 Å². The minimum atomic E-state index is -4.79. The summed E-state index contributed by atoms with van der Waals surface area (Å²) in [4.78, 5) is 166. The fraction of sp³-hybridized carbons (Fsp3) is 0.635. The second-order valence-electron chi connectivity index (χ2n) is 25.2. The molecule has 0 bridgehead atoms. The fourth-order valence-corrected chi connectivity index (χ4v) is 12.6. The van der Waals surface area contributed by atoms with Crippen molar-refractivity contribution in [2.75, 3.05) is 68.5 Å². The van der Waals surface area contributed by atoms with Crippen molar-refractivity contribution in [3.63, 3.8) is 0 Å². The predicted octanol–water partition coefficient (Wildman–Crippen LogP) is 4.57. The van der Waals surface area contributed by atoms with E-state index in [1.807, 2.05) is 0 Å². The van der Waals surface area contributed by atoms with Crippen LogP contribution in [-0.2, 0) is 77.9 Å². The third-order valence-electron chi connectivity index (χ3n) is 18.5. The molecule has 0 unspecified atom stereocenters. The molecule has 2 aromatic rings. The van der Waals surface area contributed by atoms with E-state index >= 15 is 0 Å². The molecule has 2 aromatic carbocycles. The largest absolute Gasteiger partial charge is 0.417 e. The van der Waals surface area contributed by atoms with Crippen LogP contribution in [0.3, 0.4) is 0 Å². The van der Waals surface area contributed by atoms with Gasteiger partial charge in [0.2, 0.25) is 65.0 Å². The normalized spacial score (nSPS) is 25.8. The first-order chi connectivity index (χ1) is 43.0. The lowest BCUT2D eigenvalue weighted by Crippen LogP contribution is -2.68. The maximum absolute atomic E-state index is 14.9. The summed E-state index contributed by atoms with van der Waals surface area (Å²) >= 11 is 6.07. The number of halogens is 7. The zero-order chi connectivity index (χ0) is 68.5. The Labute approximate surface area is 537 Å². The molecular formula is C63H86ClF6N11O11. The number of carbonyl (C=O) groups is 11. The van der Waals surface area contributed by atoms with Crippen LogP contribution in [0.1, 0.15) is 127 Å². The second kappa shape index (κ2) is 30.9. The number of rotatable bonds is 8. The quantitative estimate of drug-likeness (QED) is 0.266. The van der Waals surface area contributed by atoms with Crippen LogP contribution < -0.4 is 21.3 Å². The molecule has 11 amide bonds. The lowest BCUT2D eigenvalue weighted by molar-refractivity contribution is -0.152. The average Bonchev–Trinajstić information content (AvgIpc) is 1.05. The molecule has 92 heavy (non-hydrogen) atoms. The Morgan fingerprint density at radius 2 is 1.24 bits per heavy atom. The van der Waals surface area contributed by atoms with Crippen molar-refractivity contribution < 1.29 is 79.1 Å². The molecule has 4 fully saturated rings. The number of nitrogens with zero attached hydrogens (tertiary/aromatic N) is 7. The van der Waals surface area contributed by atoms with Crippen LogP contribution >= 0.6 is 11.6 Å². The number of likely N-dealkylation sites (N-methyl/N-ethyl adjacent to an activating group) is 6. The van der Waals surface area contributed by atoms with Crippen LogP contribution in [0, 0.1) is 11.8 Å². The van der Waals surface area contributed by atoms with Gasteiger partial charge in [-0.15, -0.1) is 0 Å². The summed E-state index contributed by atoms with van der Waals surface area (Å²) in [5, 5.41) is 10.6. The van der Waals surface area contributed by atoms with Gasteiger partial charge >= 0.3 is 12.4 Å². The van der Waals surface area contributed by atoms with Crippen LogP contribution in [-0.4, -0.2) is 216 Å². The van der Waals surface area contributed by atoms with Crippen molar-refractivity contribution in [1.82, 2.24) is 55.6 Å². The van der Waals surface area contributed by atoms with E-state index in [0.717, 1.165) is 74.9 Å². The van der Waals surface area contributed by atoms with E-state index in [-0.39, 0.29) is 68.5 Å². The van der Waals surface area contributed by atoms with E-state index in [2.05, 4.69) is 21.3 Å². The third-order valence-corrected chi connectivity index (χ3v) is 18.8. The summed E-state index contributed by atoms with van der Waals surface area (Å²) in [5.74, 6) is -8.88. The highest BCUT2D eigenvalue weighted by molar-refractivity contribution is 6.31. The molecule has 2 saturated heterocycles. The molecule has 0 aromatic heterocycles. The van der Waals surface area contributed by atoms with E-state index in [9.17, 15) is 79.1 Å². The number of fused-ring (bicyclic) bond motifs is 1. The molecule has 4 N–H and O–H groups in total. The first kappa shape index (κ1) is 73.5. The van der Waals surface area contributed by atoms with Crippen molar-refractivity contribution in [2.45, 2.75) is 178 Å². The standard InChI is InChI=1S/C63H86ClF6N11O11/c1-11-36(2)52-59(91)77(7)34-50(84)75(5)35-51(85)79(9)47(32-40-19-23-42(24-20-40)62(65,66)67)58(90)76(6)33-48(82)72-45(26-22-39-21-25-43(44(64)31-39)63(68,69)70)57(89)81-29-14-18-46(81)55(87)74-61(27-15-28-61)60(92)80(10)53(41-16-12-13-17-41)56(88)71-37(3)30-49(83)78(8)38(4)54(86)73-52/h19-21,23-25,31,36-38,41,45-47,52-53H,11-18,22,26-30,32-35H2,1-10H3,(H,71,88)(H,72,82)(H,73,86)(H,74,87)/t36-,37+,38-,45-,46-,47-,52-,53-/m0/s1. The number of nitrogens with one attached hydrogen (secondary N) is 4. The Morgan fingerprint density at radius 1 is 0.630 bits per heavy atom. The van der Waals surface area contributed by atoms with Gasteiger partial charge in [0.05, 0.1) is 35.8 Å². The van der Waals surface area contributed by atoms with Gasteiger partial charge in [0.25, 0.3) is 0 Å². The van der Waals surface area contributed by atoms with Gasteiger partial charge in [-0.3, -0.25) is 52.7 Å². The number of amides is 11. The van der Waals surface area contributed by atoms with Crippen LogP contribution in [0.5, 0.6) is 0 Å². The van der Waals surface area contributed by atoms with E-state index < -0.39 is 173 Å². The molecule has 2 aliphatic carbocycles. The highest BCUT2D eigenvalue weighted by Crippen LogP contribution is 2.39. The minimum Gasteiger partial charge on any atom is -0.351 e. The SMILES string of the molecule is CC[C@H](C)[C@@H]1NC(=O)[C@H](C)N(C)C(=O)C[C@@H](C)NC(=O)[C@H](C2CCCC2)N(C)C(=O)C2(CCC2)NC(=O)[C@@H]2CCCN2C(=O)[C@H](CCc2ccc(C(F)(F)F)c(Cl)c2)NC(=O)CN(C)C(=O)[C@H](Cc2ccc(C(F)(F)F)cc2)N(C)C(=O)CN(C)C(=O)CN(C)C1=O. The van der Waals surface area contributed by atoms with Crippen molar-refractivity contribution in [1.29, 1.82) is 0 Å². The van der Waals surface area contributed by atoms with Gasteiger partial charge in [0.15, 0.2) is 0 Å². The summed E-state index contributed by atoms with van der Waals surface area (Å²) in [6.07, 6.45) is -6.24. The molecule has 29 heteroatoms. The first-order valence-corrected chi connectivity index (χ1v) is 31.4. The Kier molecular flexibility index (Phi) is 24.7. The highest BCUT2D eigenvalue weighted by atomic mass is 35.5. The molecule has 2 saturated carbocycles. The van der Waals surface area contributed by atoms with Crippen molar-refractivity contribution in [3.05, 3.63) is 69.7 Å². The van der Waals surface area contributed by atoms with Crippen LogP contribution in [0.4, 0.5) is 26.3 Å². The number of hydrogen-bond donors (Lipinski definition) is 4. The first-order valence-electron chi connectivity index (χ1n) is 31.1. The topological polar surface area (TPSA) is 259 Å². The lowest BCUT2D eigenvalue weighted by Gasteiger charge is -2.46. The average molecular weight is 1320 g/mol. The van der Waals surface area contributed by atoms with Gasteiger partial charge in [0, 0.05) is 67.7 Å².